The van der Waals surface area contributed by atoms with Gasteiger partial charge >= 0.3 is 0 Å². The predicted octanol–water partition coefficient (Wildman–Crippen LogP) is 2.58. The Labute approximate surface area is 175 Å². The van der Waals surface area contributed by atoms with Gasteiger partial charge in [-0.2, -0.15) is 4.31 Å². The zero-order valence-corrected chi connectivity index (χ0v) is 18.7. The smallest absolute Gasteiger partial charge is 0.253 e. The van der Waals surface area contributed by atoms with Crippen LogP contribution in [0.1, 0.15) is 47.7 Å². The maximum absolute atomic E-state index is 13.3. The van der Waals surface area contributed by atoms with E-state index in [1.807, 2.05) is 24.8 Å². The fourth-order valence-corrected chi connectivity index (χ4v) is 5.61. The average molecular weight is 430 g/mol. The molecule has 0 aromatic heterocycles. The minimum atomic E-state index is -3.58. The van der Waals surface area contributed by atoms with Gasteiger partial charge in [-0.1, -0.05) is 6.92 Å². The molecule has 1 aromatic carbocycles. The third-order valence-corrected chi connectivity index (χ3v) is 7.88. The van der Waals surface area contributed by atoms with Crippen molar-refractivity contribution in [2.45, 2.75) is 44.9 Å². The van der Waals surface area contributed by atoms with Crippen LogP contribution in [0.2, 0.25) is 0 Å². The molecule has 3 rings (SSSR count). The second kappa shape index (κ2) is 9.57. The summed E-state index contributed by atoms with van der Waals surface area (Å²) in [6.45, 7) is 10.0. The number of hydrogen-bond donors (Lipinski definition) is 1. The molecule has 2 heterocycles. The number of hydrogen-bond acceptors (Lipinski definition) is 4. The van der Waals surface area contributed by atoms with Crippen molar-refractivity contribution < 1.29 is 13.2 Å². The van der Waals surface area contributed by atoms with Gasteiger partial charge in [0.15, 0.2) is 0 Å². The van der Waals surface area contributed by atoms with E-state index in [4.69, 9.17) is 0 Å². The zero-order chi connectivity index (χ0) is 19.6. The molecule has 0 atom stereocenters. The van der Waals surface area contributed by atoms with Crippen molar-refractivity contribution in [3.63, 3.8) is 0 Å². The largest absolute Gasteiger partial charge is 0.337 e. The Bertz CT molecular complexity index is 797. The van der Waals surface area contributed by atoms with Crippen LogP contribution in [0.25, 0.3) is 0 Å². The maximum Gasteiger partial charge on any atom is 0.253 e. The molecular weight excluding hydrogens is 398 g/mol. The number of nitrogens with zero attached hydrogens (tertiary/aromatic N) is 2. The van der Waals surface area contributed by atoms with E-state index in [0.717, 1.165) is 43.5 Å². The van der Waals surface area contributed by atoms with Gasteiger partial charge < -0.3 is 10.2 Å². The number of sulfonamides is 1. The van der Waals surface area contributed by atoms with E-state index in [2.05, 4.69) is 12.2 Å². The molecule has 0 aliphatic carbocycles. The molecule has 0 spiro atoms. The molecule has 0 unspecified atom stereocenters. The summed E-state index contributed by atoms with van der Waals surface area (Å²) in [6, 6.07) is 3.42. The van der Waals surface area contributed by atoms with E-state index in [1.165, 1.54) is 0 Å². The molecule has 0 radical (unpaired) electrons. The minimum Gasteiger partial charge on any atom is -0.337 e. The lowest BCUT2D eigenvalue weighted by Gasteiger charge is -2.30. The average Bonchev–Trinajstić information content (AvgIpc) is 2.93. The molecule has 0 saturated carbocycles. The molecule has 1 aromatic rings. The topological polar surface area (TPSA) is 69.7 Å². The predicted molar refractivity (Wildman–Crippen MR) is 114 cm³/mol. The van der Waals surface area contributed by atoms with Crippen molar-refractivity contribution in [1.29, 1.82) is 0 Å². The fourth-order valence-electron chi connectivity index (χ4n) is 3.81. The van der Waals surface area contributed by atoms with Crippen LogP contribution >= 0.6 is 12.4 Å². The highest BCUT2D eigenvalue weighted by Gasteiger charge is 2.31. The van der Waals surface area contributed by atoms with Gasteiger partial charge in [0.2, 0.25) is 10.0 Å². The van der Waals surface area contributed by atoms with Crippen molar-refractivity contribution in [3.05, 3.63) is 28.8 Å². The van der Waals surface area contributed by atoms with Crippen LogP contribution in [0.5, 0.6) is 0 Å². The Morgan fingerprint density at radius 3 is 2.43 bits per heavy atom. The highest BCUT2D eigenvalue weighted by atomic mass is 35.5. The summed E-state index contributed by atoms with van der Waals surface area (Å²) in [5.41, 5.74) is 2.06. The molecule has 28 heavy (non-hydrogen) atoms. The summed E-state index contributed by atoms with van der Waals surface area (Å²) in [4.78, 5) is 15.1. The zero-order valence-electron chi connectivity index (χ0n) is 17.0. The van der Waals surface area contributed by atoms with Gasteiger partial charge in [-0.05, 0) is 68.8 Å². The van der Waals surface area contributed by atoms with Gasteiger partial charge in [0, 0.05) is 38.3 Å². The summed E-state index contributed by atoms with van der Waals surface area (Å²) >= 11 is 0. The van der Waals surface area contributed by atoms with Gasteiger partial charge in [-0.15, -0.1) is 12.4 Å². The molecule has 6 nitrogen and oxygen atoms in total. The maximum atomic E-state index is 13.3. The highest BCUT2D eigenvalue weighted by molar-refractivity contribution is 7.89. The molecule has 2 aliphatic heterocycles. The lowest BCUT2D eigenvalue weighted by atomic mass is 10.0. The van der Waals surface area contributed by atoms with E-state index in [-0.39, 0.29) is 23.2 Å². The van der Waals surface area contributed by atoms with Crippen molar-refractivity contribution in [3.8, 4) is 0 Å². The van der Waals surface area contributed by atoms with E-state index in [9.17, 15) is 13.2 Å². The van der Waals surface area contributed by atoms with Crippen molar-refractivity contribution >= 4 is 28.3 Å². The molecular formula is C20H32ClN3O3S. The third-order valence-electron chi connectivity index (χ3n) is 5.85. The second-order valence-electron chi connectivity index (χ2n) is 7.90. The number of carbonyl (C=O) groups excluding carboxylic acids is 1. The van der Waals surface area contributed by atoms with Crippen LogP contribution in [0.15, 0.2) is 17.0 Å². The van der Waals surface area contributed by atoms with Crippen LogP contribution in [0.4, 0.5) is 0 Å². The summed E-state index contributed by atoms with van der Waals surface area (Å²) in [7, 11) is -3.58. The number of aryl methyl sites for hydroxylation is 1. The molecule has 1 N–H and O–H groups in total. The van der Waals surface area contributed by atoms with E-state index >= 15 is 0 Å². The van der Waals surface area contributed by atoms with Crippen molar-refractivity contribution in [2.75, 3.05) is 39.3 Å². The monoisotopic (exact) mass is 429 g/mol. The summed E-state index contributed by atoms with van der Waals surface area (Å²) in [5.74, 6) is 0.481. The highest BCUT2D eigenvalue weighted by Crippen LogP contribution is 2.28. The van der Waals surface area contributed by atoms with Crippen LogP contribution < -0.4 is 5.32 Å². The lowest BCUT2D eigenvalue weighted by Crippen LogP contribution is -2.38. The number of piperidine rings is 1. The Morgan fingerprint density at radius 1 is 1.07 bits per heavy atom. The first-order valence-corrected chi connectivity index (χ1v) is 11.4. The number of benzene rings is 1. The number of amides is 1. The molecule has 1 amide bonds. The fraction of sp³-hybridized carbons (Fsp3) is 0.650. The minimum absolute atomic E-state index is 0. The van der Waals surface area contributed by atoms with E-state index < -0.39 is 10.0 Å². The molecule has 158 valence electrons. The molecule has 2 aliphatic rings. The van der Waals surface area contributed by atoms with Gasteiger partial charge in [0.1, 0.15) is 0 Å². The number of rotatable bonds is 3. The quantitative estimate of drug-likeness (QED) is 0.801. The van der Waals surface area contributed by atoms with Crippen LogP contribution in [-0.4, -0.2) is 62.8 Å². The summed E-state index contributed by atoms with van der Waals surface area (Å²) < 4.78 is 28.1. The SMILES string of the molecule is Cc1cc(C(=O)N2CCCNCC2)cc(S(=O)(=O)N2CCC(C)CC2)c1C.Cl. The normalized spacial score (nSPS) is 19.8. The molecule has 2 saturated heterocycles. The van der Waals surface area contributed by atoms with Crippen molar-refractivity contribution in [1.82, 2.24) is 14.5 Å². The summed E-state index contributed by atoms with van der Waals surface area (Å²) in [5, 5.41) is 3.29. The van der Waals surface area contributed by atoms with Gasteiger partial charge in [0.25, 0.3) is 5.91 Å². The van der Waals surface area contributed by atoms with Crippen molar-refractivity contribution in [2.24, 2.45) is 5.92 Å². The molecule has 8 heteroatoms. The first-order valence-electron chi connectivity index (χ1n) is 9.92. The Hall–Kier alpha value is -1.15. The van der Waals surface area contributed by atoms with Crippen LogP contribution in [-0.2, 0) is 10.0 Å². The molecule has 0 bridgehead atoms. The standard InChI is InChI=1S/C20H31N3O3S.ClH/c1-15-5-10-23(11-6-15)27(25,26)19-14-18(13-16(2)17(19)3)20(24)22-9-4-7-21-8-12-22;/h13-15,21H,4-12H2,1-3H3;1H. The van der Waals surface area contributed by atoms with Crippen LogP contribution in [0, 0.1) is 19.8 Å². The van der Waals surface area contributed by atoms with Gasteiger partial charge in [-0.25, -0.2) is 8.42 Å². The lowest BCUT2D eigenvalue weighted by molar-refractivity contribution is 0.0766. The van der Waals surface area contributed by atoms with E-state index in [0.29, 0.717) is 37.7 Å². The Morgan fingerprint density at radius 2 is 1.75 bits per heavy atom. The Balaban J connectivity index is 0.00000280. The third kappa shape index (κ3) is 4.87. The number of nitrogens with one attached hydrogen (secondary N) is 1. The first kappa shape index (κ1) is 23.1. The number of halogens is 1. The number of carbonyl (C=O) groups is 1. The first-order chi connectivity index (χ1) is 12.8. The van der Waals surface area contributed by atoms with Gasteiger partial charge in [-0.3, -0.25) is 4.79 Å². The second-order valence-corrected chi connectivity index (χ2v) is 9.80. The van der Waals surface area contributed by atoms with Gasteiger partial charge in [0.05, 0.1) is 4.90 Å². The molecule has 2 fully saturated rings. The summed E-state index contributed by atoms with van der Waals surface area (Å²) in [6.07, 6.45) is 2.68. The Kier molecular flexibility index (Phi) is 7.90. The van der Waals surface area contributed by atoms with Crippen LogP contribution in [0.3, 0.4) is 0 Å². The van der Waals surface area contributed by atoms with E-state index in [1.54, 1.807) is 10.4 Å².